The zero-order valence-corrected chi connectivity index (χ0v) is 15.1. The zero-order valence-electron chi connectivity index (χ0n) is 15.1. The van der Waals surface area contributed by atoms with Crippen LogP contribution in [0.1, 0.15) is 24.8 Å². The van der Waals surface area contributed by atoms with Crippen molar-refractivity contribution in [2.45, 2.75) is 19.3 Å². The highest BCUT2D eigenvalue weighted by atomic mass is 15.2. The molecule has 1 N–H and O–H groups in total. The van der Waals surface area contributed by atoms with Gasteiger partial charge in [0.1, 0.15) is 11.6 Å². The summed E-state index contributed by atoms with van der Waals surface area (Å²) in [5.41, 5.74) is 2.54. The monoisotopic (exact) mass is 355 g/mol. The fraction of sp³-hybridized carbons (Fsp3) is 0.227. The van der Waals surface area contributed by atoms with Gasteiger partial charge in [-0.2, -0.15) is 5.26 Å². The molecule has 0 atom stereocenters. The van der Waals surface area contributed by atoms with E-state index in [-0.39, 0.29) is 0 Å². The van der Waals surface area contributed by atoms with Crippen LogP contribution in [-0.4, -0.2) is 23.1 Å². The third-order valence-electron chi connectivity index (χ3n) is 4.71. The minimum atomic E-state index is 0.641. The topological polar surface area (TPSA) is 64.8 Å². The van der Waals surface area contributed by atoms with Gasteiger partial charge in [-0.25, -0.2) is 9.97 Å². The van der Waals surface area contributed by atoms with Crippen LogP contribution < -0.4 is 10.2 Å². The summed E-state index contributed by atoms with van der Waals surface area (Å²) in [5, 5.41) is 12.3. The van der Waals surface area contributed by atoms with Crippen LogP contribution in [0.2, 0.25) is 0 Å². The van der Waals surface area contributed by atoms with E-state index in [9.17, 15) is 0 Å². The van der Waals surface area contributed by atoms with Crippen molar-refractivity contribution in [3.05, 3.63) is 66.2 Å². The SMILES string of the molecule is N#Cc1ccc(Nc2cc(N3CCCCC3)nc(-c3ccccc3)n2)cc1. The Balaban J connectivity index is 1.69. The van der Waals surface area contributed by atoms with E-state index in [2.05, 4.69) is 16.3 Å². The Morgan fingerprint density at radius 1 is 0.889 bits per heavy atom. The van der Waals surface area contributed by atoms with Crippen molar-refractivity contribution >= 4 is 17.3 Å². The predicted molar refractivity (Wildman–Crippen MR) is 108 cm³/mol. The largest absolute Gasteiger partial charge is 0.356 e. The Kier molecular flexibility index (Phi) is 4.97. The van der Waals surface area contributed by atoms with Crippen LogP contribution in [0.25, 0.3) is 11.4 Å². The Morgan fingerprint density at radius 3 is 2.33 bits per heavy atom. The van der Waals surface area contributed by atoms with Crippen molar-refractivity contribution in [2.75, 3.05) is 23.3 Å². The number of aromatic nitrogens is 2. The van der Waals surface area contributed by atoms with E-state index in [1.165, 1.54) is 19.3 Å². The zero-order chi connectivity index (χ0) is 18.5. The van der Waals surface area contributed by atoms with Gasteiger partial charge in [0.2, 0.25) is 0 Å². The number of nitrogens with one attached hydrogen (secondary N) is 1. The van der Waals surface area contributed by atoms with Gasteiger partial charge in [-0.15, -0.1) is 0 Å². The predicted octanol–water partition coefficient (Wildman–Crippen LogP) is 4.75. The molecule has 5 heteroatoms. The summed E-state index contributed by atoms with van der Waals surface area (Å²) in [4.78, 5) is 11.9. The molecule has 0 aliphatic carbocycles. The first-order valence-corrected chi connectivity index (χ1v) is 9.28. The highest BCUT2D eigenvalue weighted by Gasteiger charge is 2.15. The van der Waals surface area contributed by atoms with E-state index in [1.54, 1.807) is 12.1 Å². The molecule has 1 aliphatic heterocycles. The average molecular weight is 355 g/mol. The van der Waals surface area contributed by atoms with Crippen molar-refractivity contribution in [3.63, 3.8) is 0 Å². The standard InChI is InChI=1S/C22H21N5/c23-16-17-9-11-19(12-10-17)24-20-15-21(27-13-5-2-6-14-27)26-22(25-20)18-7-3-1-4-8-18/h1,3-4,7-12,15H,2,5-6,13-14H2,(H,24,25,26). The quantitative estimate of drug-likeness (QED) is 0.732. The fourth-order valence-electron chi connectivity index (χ4n) is 3.28. The lowest BCUT2D eigenvalue weighted by atomic mass is 10.1. The molecule has 2 aromatic carbocycles. The van der Waals surface area contributed by atoms with Gasteiger partial charge in [0, 0.05) is 30.4 Å². The molecule has 0 spiro atoms. The first kappa shape index (κ1) is 17.0. The van der Waals surface area contributed by atoms with E-state index in [1.807, 2.05) is 48.5 Å². The maximum Gasteiger partial charge on any atom is 0.163 e. The molecule has 27 heavy (non-hydrogen) atoms. The van der Waals surface area contributed by atoms with Gasteiger partial charge in [-0.3, -0.25) is 0 Å². The third kappa shape index (κ3) is 4.06. The second-order valence-corrected chi connectivity index (χ2v) is 6.66. The number of piperidine rings is 1. The minimum absolute atomic E-state index is 0.641. The first-order chi connectivity index (χ1) is 13.3. The Hall–Kier alpha value is -3.39. The van der Waals surface area contributed by atoms with Crippen molar-refractivity contribution in [3.8, 4) is 17.5 Å². The summed E-state index contributed by atoms with van der Waals surface area (Å²) >= 11 is 0. The van der Waals surface area contributed by atoms with Crippen LogP contribution in [0, 0.1) is 11.3 Å². The summed E-state index contributed by atoms with van der Waals surface area (Å²) < 4.78 is 0. The summed E-state index contributed by atoms with van der Waals surface area (Å²) in [6.07, 6.45) is 3.68. The van der Waals surface area contributed by atoms with E-state index in [4.69, 9.17) is 15.2 Å². The van der Waals surface area contributed by atoms with Gasteiger partial charge in [0.25, 0.3) is 0 Å². The van der Waals surface area contributed by atoms with Crippen LogP contribution >= 0.6 is 0 Å². The molecule has 1 fully saturated rings. The summed E-state index contributed by atoms with van der Waals surface area (Å²) in [5.74, 6) is 2.43. The van der Waals surface area contributed by atoms with Gasteiger partial charge in [-0.05, 0) is 43.5 Å². The molecule has 0 saturated carbocycles. The molecule has 1 aliphatic rings. The molecule has 0 bridgehead atoms. The number of benzene rings is 2. The van der Waals surface area contributed by atoms with Crippen molar-refractivity contribution in [2.24, 2.45) is 0 Å². The number of hydrogen-bond donors (Lipinski definition) is 1. The normalized spacial score (nSPS) is 13.8. The minimum Gasteiger partial charge on any atom is -0.356 e. The maximum atomic E-state index is 8.96. The molecular weight excluding hydrogens is 334 g/mol. The Bertz CT molecular complexity index is 939. The van der Waals surface area contributed by atoms with Crippen LogP contribution in [-0.2, 0) is 0 Å². The van der Waals surface area contributed by atoms with Gasteiger partial charge in [0.15, 0.2) is 5.82 Å². The van der Waals surface area contributed by atoms with Crippen molar-refractivity contribution in [1.29, 1.82) is 5.26 Å². The second-order valence-electron chi connectivity index (χ2n) is 6.66. The van der Waals surface area contributed by atoms with E-state index in [0.29, 0.717) is 5.56 Å². The highest BCUT2D eigenvalue weighted by Crippen LogP contribution is 2.26. The molecule has 0 amide bonds. The van der Waals surface area contributed by atoms with Crippen LogP contribution in [0.4, 0.5) is 17.3 Å². The first-order valence-electron chi connectivity index (χ1n) is 9.28. The molecule has 0 radical (unpaired) electrons. The Labute approximate surface area is 159 Å². The maximum absolute atomic E-state index is 8.96. The van der Waals surface area contributed by atoms with Gasteiger partial charge in [-0.1, -0.05) is 30.3 Å². The number of anilines is 3. The lowest BCUT2D eigenvalue weighted by Gasteiger charge is -2.28. The van der Waals surface area contributed by atoms with Crippen LogP contribution in [0.3, 0.4) is 0 Å². The highest BCUT2D eigenvalue weighted by molar-refractivity contribution is 5.66. The summed E-state index contributed by atoms with van der Waals surface area (Å²) in [6.45, 7) is 2.06. The Morgan fingerprint density at radius 2 is 1.63 bits per heavy atom. The molecule has 3 aromatic rings. The van der Waals surface area contributed by atoms with E-state index in [0.717, 1.165) is 41.8 Å². The molecule has 0 unspecified atom stereocenters. The fourth-order valence-corrected chi connectivity index (χ4v) is 3.28. The number of hydrogen-bond acceptors (Lipinski definition) is 5. The second kappa shape index (κ2) is 7.88. The molecular formula is C22H21N5. The molecule has 5 nitrogen and oxygen atoms in total. The average Bonchev–Trinajstić information content (AvgIpc) is 2.75. The number of rotatable bonds is 4. The number of nitrogens with zero attached hydrogens (tertiary/aromatic N) is 4. The van der Waals surface area contributed by atoms with Gasteiger partial charge < -0.3 is 10.2 Å². The lowest BCUT2D eigenvalue weighted by Crippen LogP contribution is -2.30. The van der Waals surface area contributed by atoms with Crippen molar-refractivity contribution < 1.29 is 0 Å². The summed E-state index contributed by atoms with van der Waals surface area (Å²) in [7, 11) is 0. The number of nitriles is 1. The van der Waals surface area contributed by atoms with E-state index < -0.39 is 0 Å². The molecule has 1 saturated heterocycles. The molecule has 4 rings (SSSR count). The van der Waals surface area contributed by atoms with Gasteiger partial charge >= 0.3 is 0 Å². The van der Waals surface area contributed by atoms with Crippen LogP contribution in [0.15, 0.2) is 60.7 Å². The van der Waals surface area contributed by atoms with E-state index >= 15 is 0 Å². The third-order valence-corrected chi connectivity index (χ3v) is 4.71. The van der Waals surface area contributed by atoms with Crippen LogP contribution in [0.5, 0.6) is 0 Å². The molecule has 1 aromatic heterocycles. The molecule has 2 heterocycles. The summed E-state index contributed by atoms with van der Waals surface area (Å²) in [6, 6.07) is 21.6. The van der Waals surface area contributed by atoms with Gasteiger partial charge in [0.05, 0.1) is 11.6 Å². The molecule has 134 valence electrons. The lowest BCUT2D eigenvalue weighted by molar-refractivity contribution is 0.573. The smallest absolute Gasteiger partial charge is 0.163 e. The van der Waals surface area contributed by atoms with Crippen molar-refractivity contribution in [1.82, 2.24) is 9.97 Å².